The van der Waals surface area contributed by atoms with E-state index in [1.165, 1.54) is 0 Å². The lowest BCUT2D eigenvalue weighted by molar-refractivity contribution is -0.149. The van der Waals surface area contributed by atoms with Crippen molar-refractivity contribution in [1.82, 2.24) is 4.90 Å². The summed E-state index contributed by atoms with van der Waals surface area (Å²) in [5, 5.41) is 0. The molecule has 1 atom stereocenters. The second-order valence-corrected chi connectivity index (χ2v) is 5.21. The number of benzene rings is 1. The number of piperidine rings is 1. The molecule has 1 amide bonds. The van der Waals surface area contributed by atoms with E-state index in [4.69, 9.17) is 4.74 Å². The molecule has 0 bridgehead atoms. The predicted molar refractivity (Wildman–Crippen MR) is 76.4 cm³/mol. The van der Waals surface area contributed by atoms with E-state index in [9.17, 15) is 9.59 Å². The standard InChI is InChI=1S/C16H21NO3/c1-3-20-16(19)14-8-5-9-17(11-14)15(18)13-7-4-6-12(2)10-13/h4,6-7,10,14H,3,5,8-9,11H2,1-2H3/t14-/m0/s1. The molecule has 0 aliphatic carbocycles. The van der Waals surface area contributed by atoms with Crippen LogP contribution < -0.4 is 0 Å². The molecule has 0 saturated carbocycles. The maximum atomic E-state index is 12.5. The summed E-state index contributed by atoms with van der Waals surface area (Å²) in [6.45, 7) is 5.33. The number of carbonyl (C=O) groups is 2. The van der Waals surface area contributed by atoms with E-state index in [0.717, 1.165) is 18.4 Å². The molecular weight excluding hydrogens is 254 g/mol. The summed E-state index contributed by atoms with van der Waals surface area (Å²) in [6, 6.07) is 7.56. The van der Waals surface area contributed by atoms with Crippen molar-refractivity contribution >= 4 is 11.9 Å². The summed E-state index contributed by atoms with van der Waals surface area (Å²) in [6.07, 6.45) is 1.65. The molecule has 4 nitrogen and oxygen atoms in total. The van der Waals surface area contributed by atoms with Gasteiger partial charge in [0.05, 0.1) is 12.5 Å². The van der Waals surface area contributed by atoms with Crippen LogP contribution >= 0.6 is 0 Å². The first-order valence-corrected chi connectivity index (χ1v) is 7.14. The molecule has 1 aliphatic heterocycles. The molecule has 108 valence electrons. The first kappa shape index (κ1) is 14.6. The Morgan fingerprint density at radius 3 is 2.90 bits per heavy atom. The molecule has 2 rings (SSSR count). The number of hydrogen-bond donors (Lipinski definition) is 0. The molecule has 0 unspecified atom stereocenters. The second kappa shape index (κ2) is 6.55. The summed E-state index contributed by atoms with van der Waals surface area (Å²) in [5.41, 5.74) is 1.75. The quantitative estimate of drug-likeness (QED) is 0.796. The minimum Gasteiger partial charge on any atom is -0.466 e. The van der Waals surface area contributed by atoms with Gasteiger partial charge in [0.1, 0.15) is 0 Å². The number of carbonyl (C=O) groups excluding carboxylic acids is 2. The Labute approximate surface area is 119 Å². The molecule has 4 heteroatoms. The van der Waals surface area contributed by atoms with Crippen LogP contribution in [0.15, 0.2) is 24.3 Å². The van der Waals surface area contributed by atoms with Crippen LogP contribution in [0.2, 0.25) is 0 Å². The molecule has 1 saturated heterocycles. The van der Waals surface area contributed by atoms with Crippen LogP contribution in [0, 0.1) is 12.8 Å². The number of rotatable bonds is 3. The summed E-state index contributed by atoms with van der Waals surface area (Å²) in [5.74, 6) is -0.366. The number of ether oxygens (including phenoxy) is 1. The van der Waals surface area contributed by atoms with Gasteiger partial charge in [0, 0.05) is 18.7 Å². The Bertz CT molecular complexity index is 498. The van der Waals surface area contributed by atoms with Crippen LogP contribution in [0.4, 0.5) is 0 Å². The fraction of sp³-hybridized carbons (Fsp3) is 0.500. The summed E-state index contributed by atoms with van der Waals surface area (Å²) in [7, 11) is 0. The van der Waals surface area contributed by atoms with Gasteiger partial charge in [-0.05, 0) is 38.8 Å². The Balaban J connectivity index is 2.05. The normalized spacial score (nSPS) is 18.7. The van der Waals surface area contributed by atoms with E-state index < -0.39 is 0 Å². The zero-order chi connectivity index (χ0) is 14.5. The van der Waals surface area contributed by atoms with Crippen molar-refractivity contribution < 1.29 is 14.3 Å². The number of hydrogen-bond acceptors (Lipinski definition) is 3. The molecule has 1 aromatic carbocycles. The largest absolute Gasteiger partial charge is 0.466 e. The van der Waals surface area contributed by atoms with Crippen LogP contribution in [0.5, 0.6) is 0 Å². The zero-order valence-corrected chi connectivity index (χ0v) is 12.1. The smallest absolute Gasteiger partial charge is 0.310 e. The molecule has 0 aromatic heterocycles. The highest BCUT2D eigenvalue weighted by Crippen LogP contribution is 2.20. The van der Waals surface area contributed by atoms with E-state index in [0.29, 0.717) is 25.3 Å². The van der Waals surface area contributed by atoms with Gasteiger partial charge >= 0.3 is 5.97 Å². The second-order valence-electron chi connectivity index (χ2n) is 5.21. The van der Waals surface area contributed by atoms with Gasteiger partial charge in [0.25, 0.3) is 5.91 Å². The maximum absolute atomic E-state index is 12.5. The lowest BCUT2D eigenvalue weighted by atomic mass is 9.97. The Morgan fingerprint density at radius 1 is 1.40 bits per heavy atom. The van der Waals surface area contributed by atoms with Crippen molar-refractivity contribution in [2.45, 2.75) is 26.7 Å². The summed E-state index contributed by atoms with van der Waals surface area (Å²) >= 11 is 0. The summed E-state index contributed by atoms with van der Waals surface area (Å²) < 4.78 is 5.06. The van der Waals surface area contributed by atoms with Gasteiger partial charge in [0.2, 0.25) is 0 Å². The van der Waals surface area contributed by atoms with E-state index >= 15 is 0 Å². The molecule has 1 aliphatic rings. The third kappa shape index (κ3) is 3.38. The number of aryl methyl sites for hydroxylation is 1. The first-order valence-electron chi connectivity index (χ1n) is 7.14. The average molecular weight is 275 g/mol. The zero-order valence-electron chi connectivity index (χ0n) is 12.1. The van der Waals surface area contributed by atoms with Gasteiger partial charge in [-0.15, -0.1) is 0 Å². The van der Waals surface area contributed by atoms with Crippen LogP contribution in [0.25, 0.3) is 0 Å². The van der Waals surface area contributed by atoms with Gasteiger partial charge in [-0.25, -0.2) is 0 Å². The molecule has 20 heavy (non-hydrogen) atoms. The SMILES string of the molecule is CCOC(=O)[C@H]1CCCN(C(=O)c2cccc(C)c2)C1. The summed E-state index contributed by atoms with van der Waals surface area (Å²) in [4.78, 5) is 26.0. The molecule has 0 N–H and O–H groups in total. The van der Waals surface area contributed by atoms with E-state index in [1.807, 2.05) is 31.2 Å². The lowest BCUT2D eigenvalue weighted by Gasteiger charge is -2.31. The maximum Gasteiger partial charge on any atom is 0.310 e. The monoisotopic (exact) mass is 275 g/mol. The minimum atomic E-state index is -0.186. The average Bonchev–Trinajstić information content (AvgIpc) is 2.47. The fourth-order valence-corrected chi connectivity index (χ4v) is 2.57. The van der Waals surface area contributed by atoms with Crippen molar-refractivity contribution in [3.63, 3.8) is 0 Å². The topological polar surface area (TPSA) is 46.6 Å². The van der Waals surface area contributed by atoms with Crippen molar-refractivity contribution in [2.24, 2.45) is 5.92 Å². The highest BCUT2D eigenvalue weighted by atomic mass is 16.5. The number of likely N-dealkylation sites (tertiary alicyclic amines) is 1. The van der Waals surface area contributed by atoms with Gasteiger partial charge in [-0.3, -0.25) is 9.59 Å². The van der Waals surface area contributed by atoms with Crippen LogP contribution in [0.1, 0.15) is 35.7 Å². The van der Waals surface area contributed by atoms with E-state index in [-0.39, 0.29) is 17.8 Å². The molecular formula is C16H21NO3. The van der Waals surface area contributed by atoms with Crippen LogP contribution in [-0.4, -0.2) is 36.5 Å². The van der Waals surface area contributed by atoms with Gasteiger partial charge in [-0.2, -0.15) is 0 Å². The molecule has 0 spiro atoms. The van der Waals surface area contributed by atoms with Crippen molar-refractivity contribution in [3.8, 4) is 0 Å². The minimum absolute atomic E-state index is 0.00250. The van der Waals surface area contributed by atoms with Gasteiger partial charge in [-0.1, -0.05) is 17.7 Å². The molecule has 1 aromatic rings. The lowest BCUT2D eigenvalue weighted by Crippen LogP contribution is -2.42. The van der Waals surface area contributed by atoms with Crippen LogP contribution in [0.3, 0.4) is 0 Å². The Hall–Kier alpha value is -1.84. The number of esters is 1. The highest BCUT2D eigenvalue weighted by Gasteiger charge is 2.29. The van der Waals surface area contributed by atoms with Gasteiger partial charge in [0.15, 0.2) is 0 Å². The Kier molecular flexibility index (Phi) is 4.77. The number of nitrogens with zero attached hydrogens (tertiary/aromatic N) is 1. The van der Waals surface area contributed by atoms with Crippen molar-refractivity contribution in [2.75, 3.05) is 19.7 Å². The van der Waals surface area contributed by atoms with Gasteiger partial charge < -0.3 is 9.64 Å². The highest BCUT2D eigenvalue weighted by molar-refractivity contribution is 5.94. The third-order valence-corrected chi connectivity index (χ3v) is 3.59. The van der Waals surface area contributed by atoms with Crippen LogP contribution in [-0.2, 0) is 9.53 Å². The van der Waals surface area contributed by atoms with E-state index in [1.54, 1.807) is 11.8 Å². The first-order chi connectivity index (χ1) is 9.61. The Morgan fingerprint density at radius 2 is 2.20 bits per heavy atom. The fourth-order valence-electron chi connectivity index (χ4n) is 2.57. The van der Waals surface area contributed by atoms with Crippen molar-refractivity contribution in [1.29, 1.82) is 0 Å². The molecule has 1 heterocycles. The molecule has 1 fully saturated rings. The number of amides is 1. The third-order valence-electron chi connectivity index (χ3n) is 3.59. The molecule has 0 radical (unpaired) electrons. The van der Waals surface area contributed by atoms with E-state index in [2.05, 4.69) is 0 Å². The predicted octanol–water partition coefficient (Wildman–Crippen LogP) is 2.41. The van der Waals surface area contributed by atoms with Crippen molar-refractivity contribution in [3.05, 3.63) is 35.4 Å².